The van der Waals surface area contributed by atoms with Gasteiger partial charge < -0.3 is 10.1 Å². The predicted octanol–water partition coefficient (Wildman–Crippen LogP) is 2.70. The largest absolute Gasteiger partial charge is 0.382 e. The summed E-state index contributed by atoms with van der Waals surface area (Å²) in [6.07, 6.45) is 0.245. The van der Waals surface area contributed by atoms with Crippen LogP contribution in [0.5, 0.6) is 0 Å². The number of nitrogens with zero attached hydrogens (tertiary/aromatic N) is 1. The van der Waals surface area contributed by atoms with E-state index >= 15 is 0 Å². The summed E-state index contributed by atoms with van der Waals surface area (Å²) in [5.74, 6) is 0. The van der Waals surface area contributed by atoms with Gasteiger partial charge in [-0.05, 0) is 32.4 Å². The van der Waals surface area contributed by atoms with E-state index in [2.05, 4.69) is 11.4 Å². The molecule has 0 amide bonds. The Labute approximate surface area is 97.0 Å². The molecule has 0 spiro atoms. The third-order valence-electron chi connectivity index (χ3n) is 2.25. The van der Waals surface area contributed by atoms with Gasteiger partial charge in [0.05, 0.1) is 24.0 Å². The zero-order chi connectivity index (χ0) is 12.0. The average molecular weight is 218 g/mol. The molecule has 0 aromatic heterocycles. The van der Waals surface area contributed by atoms with E-state index in [0.29, 0.717) is 12.2 Å². The maximum absolute atomic E-state index is 9.02. The molecule has 0 bridgehead atoms. The average Bonchev–Trinajstić information content (AvgIpc) is 2.24. The van der Waals surface area contributed by atoms with Crippen molar-refractivity contribution >= 4 is 5.69 Å². The highest BCUT2D eigenvalue weighted by Crippen LogP contribution is 2.17. The van der Waals surface area contributed by atoms with Gasteiger partial charge >= 0.3 is 0 Å². The fourth-order valence-electron chi connectivity index (χ4n) is 1.44. The summed E-state index contributed by atoms with van der Waals surface area (Å²) in [7, 11) is 0. The minimum absolute atomic E-state index is 0.245. The Morgan fingerprint density at radius 2 is 2.19 bits per heavy atom. The quantitative estimate of drug-likeness (QED) is 0.773. The second-order valence-corrected chi connectivity index (χ2v) is 3.96. The SMILES string of the molecule is Cc1cccc(NCCOC(C)C)c1C#N. The van der Waals surface area contributed by atoms with Gasteiger partial charge in [0.1, 0.15) is 6.07 Å². The molecule has 0 radical (unpaired) electrons. The normalized spacial score (nSPS) is 10.2. The lowest BCUT2D eigenvalue weighted by Crippen LogP contribution is -2.13. The van der Waals surface area contributed by atoms with Crippen LogP contribution in [-0.2, 0) is 4.74 Å². The topological polar surface area (TPSA) is 45.0 Å². The Kier molecular flexibility index (Phi) is 4.81. The summed E-state index contributed by atoms with van der Waals surface area (Å²) >= 11 is 0. The Balaban J connectivity index is 2.54. The van der Waals surface area contributed by atoms with Gasteiger partial charge in [-0.25, -0.2) is 0 Å². The number of benzene rings is 1. The summed E-state index contributed by atoms with van der Waals surface area (Å²) in [5, 5.41) is 12.2. The Bertz CT molecular complexity index is 380. The maximum Gasteiger partial charge on any atom is 0.102 e. The van der Waals surface area contributed by atoms with E-state index < -0.39 is 0 Å². The first-order valence-electron chi connectivity index (χ1n) is 5.50. The van der Waals surface area contributed by atoms with E-state index in [0.717, 1.165) is 17.8 Å². The summed E-state index contributed by atoms with van der Waals surface area (Å²) in [6, 6.07) is 8.01. The smallest absolute Gasteiger partial charge is 0.102 e. The Morgan fingerprint density at radius 3 is 2.81 bits per heavy atom. The maximum atomic E-state index is 9.02. The predicted molar refractivity (Wildman–Crippen MR) is 65.5 cm³/mol. The third-order valence-corrected chi connectivity index (χ3v) is 2.25. The molecule has 0 saturated heterocycles. The number of anilines is 1. The van der Waals surface area contributed by atoms with E-state index in [1.807, 2.05) is 39.0 Å². The lowest BCUT2D eigenvalue weighted by atomic mass is 10.1. The molecular formula is C13H18N2O. The van der Waals surface area contributed by atoms with Crippen molar-refractivity contribution in [2.45, 2.75) is 26.9 Å². The number of hydrogen-bond donors (Lipinski definition) is 1. The monoisotopic (exact) mass is 218 g/mol. The Morgan fingerprint density at radius 1 is 1.44 bits per heavy atom. The van der Waals surface area contributed by atoms with Gasteiger partial charge in [0.2, 0.25) is 0 Å². The highest BCUT2D eigenvalue weighted by atomic mass is 16.5. The highest BCUT2D eigenvalue weighted by Gasteiger charge is 2.03. The van der Waals surface area contributed by atoms with Crippen molar-refractivity contribution in [2.75, 3.05) is 18.5 Å². The molecule has 0 aliphatic rings. The Hall–Kier alpha value is -1.53. The summed E-state index contributed by atoms with van der Waals surface area (Å²) < 4.78 is 5.42. The molecule has 0 heterocycles. The van der Waals surface area contributed by atoms with E-state index in [4.69, 9.17) is 10.00 Å². The molecule has 1 aromatic rings. The number of nitriles is 1. The van der Waals surface area contributed by atoms with Crippen molar-refractivity contribution in [3.63, 3.8) is 0 Å². The van der Waals surface area contributed by atoms with Gasteiger partial charge in [-0.1, -0.05) is 12.1 Å². The zero-order valence-corrected chi connectivity index (χ0v) is 10.1. The first-order valence-corrected chi connectivity index (χ1v) is 5.50. The molecule has 1 N–H and O–H groups in total. The van der Waals surface area contributed by atoms with E-state index in [1.54, 1.807) is 0 Å². The van der Waals surface area contributed by atoms with Gasteiger partial charge in [-0.3, -0.25) is 0 Å². The van der Waals surface area contributed by atoms with Crippen LogP contribution >= 0.6 is 0 Å². The molecule has 0 fully saturated rings. The molecule has 0 aliphatic carbocycles. The lowest BCUT2D eigenvalue weighted by Gasteiger charge is -2.11. The molecule has 3 nitrogen and oxygen atoms in total. The highest BCUT2D eigenvalue weighted by molar-refractivity contribution is 5.60. The van der Waals surface area contributed by atoms with Crippen LogP contribution in [0.4, 0.5) is 5.69 Å². The van der Waals surface area contributed by atoms with Crippen molar-refractivity contribution < 1.29 is 4.74 Å². The number of nitrogens with one attached hydrogen (secondary N) is 1. The molecule has 1 rings (SSSR count). The van der Waals surface area contributed by atoms with Crippen LogP contribution in [-0.4, -0.2) is 19.3 Å². The van der Waals surface area contributed by atoms with Crippen molar-refractivity contribution in [3.8, 4) is 6.07 Å². The van der Waals surface area contributed by atoms with Gasteiger partial charge in [-0.15, -0.1) is 0 Å². The van der Waals surface area contributed by atoms with Crippen molar-refractivity contribution in [2.24, 2.45) is 0 Å². The minimum atomic E-state index is 0.245. The van der Waals surface area contributed by atoms with Crippen molar-refractivity contribution in [1.82, 2.24) is 0 Å². The minimum Gasteiger partial charge on any atom is -0.382 e. The van der Waals surface area contributed by atoms with Gasteiger partial charge in [0.15, 0.2) is 0 Å². The van der Waals surface area contributed by atoms with Crippen molar-refractivity contribution in [1.29, 1.82) is 5.26 Å². The number of aryl methyl sites for hydroxylation is 1. The first kappa shape index (κ1) is 12.5. The zero-order valence-electron chi connectivity index (χ0n) is 10.1. The molecular weight excluding hydrogens is 200 g/mol. The number of hydrogen-bond acceptors (Lipinski definition) is 3. The molecule has 0 saturated carbocycles. The van der Waals surface area contributed by atoms with Crippen LogP contribution in [0, 0.1) is 18.3 Å². The first-order chi connectivity index (χ1) is 7.65. The van der Waals surface area contributed by atoms with E-state index in [9.17, 15) is 0 Å². The van der Waals surface area contributed by atoms with Gasteiger partial charge in [0.25, 0.3) is 0 Å². The summed E-state index contributed by atoms with van der Waals surface area (Å²) in [6.45, 7) is 7.32. The standard InChI is InChI=1S/C13H18N2O/c1-10(2)16-8-7-15-13-6-4-5-11(3)12(13)9-14/h4-6,10,15H,7-8H2,1-3H3. The van der Waals surface area contributed by atoms with Gasteiger partial charge in [0, 0.05) is 6.54 Å². The third kappa shape index (κ3) is 3.56. The van der Waals surface area contributed by atoms with E-state index in [1.165, 1.54) is 0 Å². The second-order valence-electron chi connectivity index (χ2n) is 3.96. The lowest BCUT2D eigenvalue weighted by molar-refractivity contribution is 0.0870. The molecule has 0 aliphatic heterocycles. The fraction of sp³-hybridized carbons (Fsp3) is 0.462. The molecule has 0 unspecified atom stereocenters. The number of rotatable bonds is 5. The van der Waals surface area contributed by atoms with Crippen LogP contribution < -0.4 is 5.32 Å². The molecule has 16 heavy (non-hydrogen) atoms. The van der Waals surface area contributed by atoms with Crippen LogP contribution in [0.25, 0.3) is 0 Å². The van der Waals surface area contributed by atoms with Crippen LogP contribution in [0.15, 0.2) is 18.2 Å². The van der Waals surface area contributed by atoms with Crippen molar-refractivity contribution in [3.05, 3.63) is 29.3 Å². The van der Waals surface area contributed by atoms with Crippen LogP contribution in [0.1, 0.15) is 25.0 Å². The number of ether oxygens (including phenoxy) is 1. The molecule has 0 atom stereocenters. The summed E-state index contributed by atoms with van der Waals surface area (Å²) in [4.78, 5) is 0. The summed E-state index contributed by atoms with van der Waals surface area (Å²) in [5.41, 5.74) is 2.60. The van der Waals surface area contributed by atoms with Gasteiger partial charge in [-0.2, -0.15) is 5.26 Å². The second kappa shape index (κ2) is 6.14. The molecule has 3 heteroatoms. The molecule has 1 aromatic carbocycles. The van der Waals surface area contributed by atoms with Crippen LogP contribution in [0.2, 0.25) is 0 Å². The molecule has 86 valence electrons. The van der Waals surface area contributed by atoms with Crippen LogP contribution in [0.3, 0.4) is 0 Å². The fourth-order valence-corrected chi connectivity index (χ4v) is 1.44. The van der Waals surface area contributed by atoms with E-state index in [-0.39, 0.29) is 6.10 Å².